The maximum atomic E-state index is 12.7. The molecule has 1 N–H and O–H groups in total. The Morgan fingerprint density at radius 2 is 1.52 bits per heavy atom. The number of rotatable bonds is 4. The predicted octanol–water partition coefficient (Wildman–Crippen LogP) is 0.825. The highest BCUT2D eigenvalue weighted by Gasteiger charge is 2.33. The van der Waals surface area contributed by atoms with E-state index in [1.165, 1.54) is 28.6 Å². The maximum Gasteiger partial charge on any atom is 0.306 e. The molecule has 0 aromatic heterocycles. The number of carbonyl (C=O) groups is 3. The van der Waals surface area contributed by atoms with E-state index in [9.17, 15) is 22.8 Å². The maximum absolute atomic E-state index is 12.7. The van der Waals surface area contributed by atoms with Gasteiger partial charge in [-0.1, -0.05) is 0 Å². The number of benzene rings is 1. The number of anilines is 1. The van der Waals surface area contributed by atoms with E-state index in [2.05, 4.69) is 0 Å². The summed E-state index contributed by atoms with van der Waals surface area (Å²) in [6.07, 6.45) is 0.891. The minimum Gasteiger partial charge on any atom is -0.481 e. The lowest BCUT2D eigenvalue weighted by molar-refractivity contribution is -0.143. The summed E-state index contributed by atoms with van der Waals surface area (Å²) in [5, 5.41) is 8.99. The van der Waals surface area contributed by atoms with Gasteiger partial charge in [0.2, 0.25) is 21.8 Å². The van der Waals surface area contributed by atoms with Gasteiger partial charge in [0.25, 0.3) is 0 Å². The van der Waals surface area contributed by atoms with Gasteiger partial charge in [0, 0.05) is 25.9 Å². The van der Waals surface area contributed by atoms with E-state index in [4.69, 9.17) is 5.11 Å². The van der Waals surface area contributed by atoms with Crippen molar-refractivity contribution in [1.29, 1.82) is 0 Å². The molecule has 0 saturated carbocycles. The molecule has 8 nitrogen and oxygen atoms in total. The van der Waals surface area contributed by atoms with Crippen LogP contribution in [0, 0.1) is 5.92 Å². The third-order valence-electron chi connectivity index (χ3n) is 4.59. The SMILES string of the molecule is O=C(O)C1CCN(S(=O)(=O)c2ccc(N3C(=O)CCC3=O)cc2)CC1. The lowest BCUT2D eigenvalue weighted by atomic mass is 9.99. The zero-order valence-corrected chi connectivity index (χ0v) is 14.2. The van der Waals surface area contributed by atoms with Crippen LogP contribution in [-0.4, -0.2) is 48.7 Å². The number of imide groups is 1. The summed E-state index contributed by atoms with van der Waals surface area (Å²) in [5.74, 6) is -2.00. The molecule has 0 bridgehead atoms. The lowest BCUT2D eigenvalue weighted by Crippen LogP contribution is -2.40. The number of carbonyl (C=O) groups excluding carboxylic acids is 2. The van der Waals surface area contributed by atoms with Crippen molar-refractivity contribution in [3.05, 3.63) is 24.3 Å². The molecule has 0 aliphatic carbocycles. The number of hydrogen-bond donors (Lipinski definition) is 1. The predicted molar refractivity (Wildman–Crippen MR) is 87.3 cm³/mol. The fourth-order valence-corrected chi connectivity index (χ4v) is 4.59. The van der Waals surface area contributed by atoms with Crippen molar-refractivity contribution in [2.24, 2.45) is 5.92 Å². The molecular weight excluding hydrogens is 348 g/mol. The first-order valence-electron chi connectivity index (χ1n) is 7.99. The highest BCUT2D eigenvalue weighted by molar-refractivity contribution is 7.89. The van der Waals surface area contributed by atoms with Gasteiger partial charge in [-0.3, -0.25) is 19.3 Å². The van der Waals surface area contributed by atoms with Crippen LogP contribution in [0.3, 0.4) is 0 Å². The van der Waals surface area contributed by atoms with Gasteiger partial charge in [-0.25, -0.2) is 8.42 Å². The number of amides is 2. The van der Waals surface area contributed by atoms with Crippen molar-refractivity contribution in [3.8, 4) is 0 Å². The topological polar surface area (TPSA) is 112 Å². The molecular formula is C16H18N2O6S. The second-order valence-corrected chi connectivity index (χ2v) is 8.07. The third kappa shape index (κ3) is 3.29. The number of sulfonamides is 1. The van der Waals surface area contributed by atoms with Gasteiger partial charge in [-0.05, 0) is 37.1 Å². The smallest absolute Gasteiger partial charge is 0.306 e. The van der Waals surface area contributed by atoms with Crippen molar-refractivity contribution >= 4 is 33.5 Å². The zero-order valence-electron chi connectivity index (χ0n) is 13.4. The monoisotopic (exact) mass is 366 g/mol. The van der Waals surface area contributed by atoms with Crippen LogP contribution in [-0.2, 0) is 24.4 Å². The van der Waals surface area contributed by atoms with Gasteiger partial charge in [-0.15, -0.1) is 0 Å². The molecule has 3 rings (SSSR count). The summed E-state index contributed by atoms with van der Waals surface area (Å²) in [4.78, 5) is 35.6. The highest BCUT2D eigenvalue weighted by atomic mass is 32.2. The summed E-state index contributed by atoms with van der Waals surface area (Å²) in [5.41, 5.74) is 0.357. The number of nitrogens with zero attached hydrogens (tertiary/aromatic N) is 2. The molecule has 1 aromatic rings. The molecule has 0 unspecified atom stereocenters. The minimum absolute atomic E-state index is 0.0594. The van der Waals surface area contributed by atoms with Crippen LogP contribution < -0.4 is 4.90 Å². The molecule has 2 saturated heterocycles. The summed E-state index contributed by atoms with van der Waals surface area (Å²) in [6, 6.07) is 5.62. The van der Waals surface area contributed by atoms with Crippen LogP contribution >= 0.6 is 0 Å². The summed E-state index contributed by atoms with van der Waals surface area (Å²) in [6.45, 7) is 0.314. The van der Waals surface area contributed by atoms with E-state index in [0.717, 1.165) is 4.90 Å². The van der Waals surface area contributed by atoms with Crippen molar-refractivity contribution in [1.82, 2.24) is 4.31 Å². The molecule has 0 atom stereocenters. The van der Waals surface area contributed by atoms with E-state index in [-0.39, 0.29) is 55.5 Å². The van der Waals surface area contributed by atoms with Crippen molar-refractivity contribution < 1.29 is 27.9 Å². The second kappa shape index (κ2) is 6.57. The second-order valence-electron chi connectivity index (χ2n) is 6.13. The van der Waals surface area contributed by atoms with E-state index in [0.29, 0.717) is 5.69 Å². The van der Waals surface area contributed by atoms with E-state index in [1.807, 2.05) is 0 Å². The Hall–Kier alpha value is -2.26. The first kappa shape index (κ1) is 17.6. The summed E-state index contributed by atoms with van der Waals surface area (Å²) < 4.78 is 26.6. The first-order valence-corrected chi connectivity index (χ1v) is 9.43. The zero-order chi connectivity index (χ0) is 18.2. The quantitative estimate of drug-likeness (QED) is 0.790. The Morgan fingerprint density at radius 1 is 1.00 bits per heavy atom. The number of hydrogen-bond acceptors (Lipinski definition) is 5. The Morgan fingerprint density at radius 3 is 2.00 bits per heavy atom. The standard InChI is InChI=1S/C16H18N2O6S/c19-14-5-6-15(20)18(14)12-1-3-13(4-2-12)25(23,24)17-9-7-11(8-10-17)16(21)22/h1-4,11H,5-10H2,(H,21,22). The molecule has 0 spiro atoms. The normalized spacial score (nSPS) is 20.2. The molecule has 134 valence electrons. The fraction of sp³-hybridized carbons (Fsp3) is 0.438. The average Bonchev–Trinajstić information content (AvgIpc) is 2.93. The molecule has 25 heavy (non-hydrogen) atoms. The largest absolute Gasteiger partial charge is 0.481 e. The van der Waals surface area contributed by atoms with Gasteiger partial charge in [0.15, 0.2) is 0 Å². The van der Waals surface area contributed by atoms with Gasteiger partial charge >= 0.3 is 5.97 Å². The minimum atomic E-state index is -3.73. The molecule has 9 heteroatoms. The van der Waals surface area contributed by atoms with E-state index >= 15 is 0 Å². The highest BCUT2D eigenvalue weighted by Crippen LogP contribution is 2.27. The molecule has 0 radical (unpaired) electrons. The molecule has 2 aliphatic rings. The summed E-state index contributed by atoms with van der Waals surface area (Å²) >= 11 is 0. The fourth-order valence-electron chi connectivity index (χ4n) is 3.12. The van der Waals surface area contributed by atoms with Crippen LogP contribution in [0.4, 0.5) is 5.69 Å². The first-order chi connectivity index (χ1) is 11.8. The van der Waals surface area contributed by atoms with E-state index in [1.54, 1.807) is 0 Å². The number of carboxylic acids is 1. The number of aliphatic carboxylic acids is 1. The molecule has 2 heterocycles. The molecule has 2 fully saturated rings. The number of piperidine rings is 1. The van der Waals surface area contributed by atoms with Gasteiger partial charge in [0.05, 0.1) is 16.5 Å². The third-order valence-corrected chi connectivity index (χ3v) is 6.50. The molecule has 1 aromatic carbocycles. The van der Waals surface area contributed by atoms with Crippen LogP contribution in [0.5, 0.6) is 0 Å². The summed E-state index contributed by atoms with van der Waals surface area (Å²) in [7, 11) is -3.73. The average molecular weight is 366 g/mol. The van der Waals surface area contributed by atoms with Crippen LogP contribution in [0.25, 0.3) is 0 Å². The van der Waals surface area contributed by atoms with Crippen molar-refractivity contribution in [3.63, 3.8) is 0 Å². The Kier molecular flexibility index (Phi) is 4.61. The van der Waals surface area contributed by atoms with Crippen LogP contribution in [0.1, 0.15) is 25.7 Å². The van der Waals surface area contributed by atoms with E-state index < -0.39 is 21.9 Å². The van der Waals surface area contributed by atoms with Gasteiger partial charge < -0.3 is 5.11 Å². The van der Waals surface area contributed by atoms with Crippen LogP contribution in [0.2, 0.25) is 0 Å². The lowest BCUT2D eigenvalue weighted by Gasteiger charge is -2.29. The number of carboxylic acid groups (broad SMARTS) is 1. The van der Waals surface area contributed by atoms with Gasteiger partial charge in [0.1, 0.15) is 0 Å². The Bertz CT molecular complexity index is 794. The van der Waals surface area contributed by atoms with Crippen molar-refractivity contribution in [2.45, 2.75) is 30.6 Å². The van der Waals surface area contributed by atoms with Gasteiger partial charge in [-0.2, -0.15) is 4.31 Å². The molecule has 2 amide bonds. The Balaban J connectivity index is 1.76. The van der Waals surface area contributed by atoms with Crippen LogP contribution in [0.15, 0.2) is 29.2 Å². The molecule has 2 aliphatic heterocycles. The van der Waals surface area contributed by atoms with Crippen molar-refractivity contribution in [2.75, 3.05) is 18.0 Å². The Labute approximate surface area is 145 Å².